The van der Waals surface area contributed by atoms with Gasteiger partial charge in [0.15, 0.2) is 0 Å². The number of rotatable bonds is 2. The summed E-state index contributed by atoms with van der Waals surface area (Å²) >= 11 is 4.04. The number of alkyl halides is 1. The van der Waals surface area contributed by atoms with Gasteiger partial charge in [-0.1, -0.05) is 15.9 Å². The van der Waals surface area contributed by atoms with E-state index in [2.05, 4.69) is 15.9 Å². The summed E-state index contributed by atoms with van der Waals surface area (Å²) in [6.45, 7) is 8.04. The van der Waals surface area contributed by atoms with Crippen LogP contribution in [0.2, 0.25) is 0 Å². The lowest BCUT2D eigenvalue weighted by atomic mass is 9.48. The highest BCUT2D eigenvalue weighted by Gasteiger charge is 2.57. The highest BCUT2D eigenvalue weighted by molar-refractivity contribution is 9.10. The van der Waals surface area contributed by atoms with Crippen LogP contribution in [0.1, 0.15) is 65.7 Å². The molecule has 5 rings (SSSR count). The average molecular weight is 441 g/mol. The lowest BCUT2D eigenvalue weighted by Crippen LogP contribution is -2.56. The Labute approximate surface area is 171 Å². The number of piperazine rings is 1. The van der Waals surface area contributed by atoms with Gasteiger partial charge in [-0.15, -0.1) is 0 Å². The standard InChI is InChI=1S/C21H33BrN2O3/c1-19(2,3)27-18(26)24-6-4-23(5-7-24)17(25)13-20-9-15-8-16(10-20)12-21(22,11-15)14-20/h15-16H,4-14H2,1-3H3. The maximum absolute atomic E-state index is 13.1. The SMILES string of the molecule is CC(C)(C)OC(=O)N1CCN(C(=O)CC23CC4CC(CC(Br)(C4)C2)C3)CC1. The molecule has 1 aliphatic heterocycles. The summed E-state index contributed by atoms with van der Waals surface area (Å²) in [5.41, 5.74) is -0.263. The van der Waals surface area contributed by atoms with E-state index in [4.69, 9.17) is 4.74 Å². The number of halogens is 1. The Morgan fingerprint density at radius 3 is 2.07 bits per heavy atom. The largest absolute Gasteiger partial charge is 0.444 e. The number of hydrogen-bond acceptors (Lipinski definition) is 3. The molecular formula is C21H33BrN2O3. The van der Waals surface area contributed by atoms with Crippen LogP contribution < -0.4 is 0 Å². The lowest BCUT2D eigenvalue weighted by Gasteiger charge is -2.60. The molecule has 152 valence electrons. The summed E-state index contributed by atoms with van der Waals surface area (Å²) < 4.78 is 5.75. The summed E-state index contributed by atoms with van der Waals surface area (Å²) in [6.07, 6.45) is 8.04. The molecule has 1 saturated heterocycles. The van der Waals surface area contributed by atoms with Crippen LogP contribution in [0.25, 0.3) is 0 Å². The van der Waals surface area contributed by atoms with Crippen molar-refractivity contribution in [3.63, 3.8) is 0 Å². The van der Waals surface area contributed by atoms with E-state index >= 15 is 0 Å². The van der Waals surface area contributed by atoms with Crippen LogP contribution in [-0.4, -0.2) is 57.9 Å². The third kappa shape index (κ3) is 4.15. The fraction of sp³-hybridized carbons (Fsp3) is 0.905. The number of carbonyl (C=O) groups excluding carboxylic acids is 2. The molecule has 27 heavy (non-hydrogen) atoms. The third-order valence-corrected chi connectivity index (χ3v) is 7.85. The van der Waals surface area contributed by atoms with Crippen molar-refractivity contribution in [3.8, 4) is 0 Å². The number of nitrogens with zero attached hydrogens (tertiary/aromatic N) is 2. The molecule has 0 aromatic heterocycles. The van der Waals surface area contributed by atoms with Gasteiger partial charge in [0, 0.05) is 36.9 Å². The van der Waals surface area contributed by atoms with Gasteiger partial charge in [-0.25, -0.2) is 4.79 Å². The molecule has 5 fully saturated rings. The molecule has 2 unspecified atom stereocenters. The van der Waals surface area contributed by atoms with E-state index in [-0.39, 0.29) is 17.4 Å². The Hall–Kier alpha value is -0.780. The van der Waals surface area contributed by atoms with Gasteiger partial charge in [-0.3, -0.25) is 4.79 Å². The number of amides is 2. The van der Waals surface area contributed by atoms with E-state index in [9.17, 15) is 9.59 Å². The molecule has 4 aliphatic carbocycles. The smallest absolute Gasteiger partial charge is 0.410 e. The first kappa shape index (κ1) is 19.5. The Morgan fingerprint density at radius 1 is 1.00 bits per heavy atom. The van der Waals surface area contributed by atoms with Crippen LogP contribution in [0, 0.1) is 17.3 Å². The topological polar surface area (TPSA) is 49.9 Å². The molecule has 0 spiro atoms. The zero-order chi connectivity index (χ0) is 19.4. The predicted octanol–water partition coefficient (Wildman–Crippen LogP) is 4.19. The zero-order valence-corrected chi connectivity index (χ0v) is 18.5. The maximum atomic E-state index is 13.1. The van der Waals surface area contributed by atoms with Gasteiger partial charge >= 0.3 is 6.09 Å². The highest BCUT2D eigenvalue weighted by atomic mass is 79.9. The number of carbonyl (C=O) groups is 2. The van der Waals surface area contributed by atoms with E-state index in [1.807, 2.05) is 25.7 Å². The molecule has 1 heterocycles. The summed E-state index contributed by atoms with van der Waals surface area (Å²) in [7, 11) is 0. The average Bonchev–Trinajstić information content (AvgIpc) is 2.50. The molecule has 0 aromatic rings. The van der Waals surface area contributed by atoms with E-state index in [0.717, 1.165) is 18.3 Å². The van der Waals surface area contributed by atoms with Crippen molar-refractivity contribution in [2.45, 2.75) is 75.6 Å². The molecule has 5 nitrogen and oxygen atoms in total. The minimum Gasteiger partial charge on any atom is -0.444 e. The van der Waals surface area contributed by atoms with Crippen LogP contribution in [0.3, 0.4) is 0 Å². The Morgan fingerprint density at radius 2 is 1.56 bits per heavy atom. The highest BCUT2D eigenvalue weighted by Crippen LogP contribution is 2.65. The molecule has 5 aliphatic rings. The van der Waals surface area contributed by atoms with E-state index in [1.165, 1.54) is 32.1 Å². The molecule has 6 heteroatoms. The van der Waals surface area contributed by atoms with Crippen LogP contribution in [0.4, 0.5) is 4.79 Å². The fourth-order valence-corrected chi connectivity index (χ4v) is 7.95. The van der Waals surface area contributed by atoms with Crippen molar-refractivity contribution in [2.24, 2.45) is 17.3 Å². The molecule has 0 radical (unpaired) electrons. The molecule has 0 N–H and O–H groups in total. The van der Waals surface area contributed by atoms with Crippen molar-refractivity contribution in [1.29, 1.82) is 0 Å². The fourth-order valence-electron chi connectivity index (χ4n) is 6.44. The Bertz CT molecular complexity index is 607. The second-order valence-corrected chi connectivity index (χ2v) is 12.3. The third-order valence-electron chi connectivity index (χ3n) is 6.92. The molecule has 2 atom stereocenters. The van der Waals surface area contributed by atoms with E-state index < -0.39 is 5.60 Å². The van der Waals surface area contributed by atoms with Crippen LogP contribution in [-0.2, 0) is 9.53 Å². The summed E-state index contributed by atoms with van der Waals surface area (Å²) in [5, 5.41) is 0. The Kier molecular flexibility index (Phi) is 4.80. The molecule has 4 bridgehead atoms. The second kappa shape index (κ2) is 6.64. The first-order valence-electron chi connectivity index (χ1n) is 10.5. The Balaban J connectivity index is 1.32. The first-order valence-corrected chi connectivity index (χ1v) is 11.3. The van der Waals surface area contributed by atoms with Crippen LogP contribution in [0.5, 0.6) is 0 Å². The van der Waals surface area contributed by atoms with E-state index in [0.29, 0.717) is 36.9 Å². The zero-order valence-electron chi connectivity index (χ0n) is 16.9. The van der Waals surface area contributed by atoms with Gasteiger partial charge in [0.25, 0.3) is 0 Å². The van der Waals surface area contributed by atoms with E-state index in [1.54, 1.807) is 4.90 Å². The van der Waals surface area contributed by atoms with Crippen molar-refractivity contribution >= 4 is 27.9 Å². The van der Waals surface area contributed by atoms with Gasteiger partial charge in [-0.2, -0.15) is 0 Å². The first-order chi connectivity index (χ1) is 12.5. The molecule has 4 saturated carbocycles. The minimum atomic E-state index is -0.478. The monoisotopic (exact) mass is 440 g/mol. The van der Waals surface area contributed by atoms with Gasteiger partial charge in [0.05, 0.1) is 0 Å². The maximum Gasteiger partial charge on any atom is 0.410 e. The van der Waals surface area contributed by atoms with Crippen molar-refractivity contribution in [1.82, 2.24) is 9.80 Å². The van der Waals surface area contributed by atoms with Crippen molar-refractivity contribution in [2.75, 3.05) is 26.2 Å². The van der Waals surface area contributed by atoms with Crippen molar-refractivity contribution < 1.29 is 14.3 Å². The van der Waals surface area contributed by atoms with Crippen molar-refractivity contribution in [3.05, 3.63) is 0 Å². The number of hydrogen-bond donors (Lipinski definition) is 0. The molecular weight excluding hydrogens is 408 g/mol. The summed E-state index contributed by atoms with van der Waals surface area (Å²) in [4.78, 5) is 29.0. The van der Waals surface area contributed by atoms with Crippen LogP contribution >= 0.6 is 15.9 Å². The van der Waals surface area contributed by atoms with Gasteiger partial charge < -0.3 is 14.5 Å². The lowest BCUT2D eigenvalue weighted by molar-refractivity contribution is -0.140. The van der Waals surface area contributed by atoms with Gasteiger partial charge in [-0.05, 0) is 76.5 Å². The normalized spacial score (nSPS) is 38.2. The second-order valence-electron chi connectivity index (χ2n) is 10.6. The molecule has 2 amide bonds. The van der Waals surface area contributed by atoms with Crippen LogP contribution in [0.15, 0.2) is 0 Å². The quantitative estimate of drug-likeness (QED) is 0.604. The molecule has 0 aromatic carbocycles. The number of ether oxygens (including phenoxy) is 1. The minimum absolute atomic E-state index is 0.215. The van der Waals surface area contributed by atoms with Gasteiger partial charge in [0.1, 0.15) is 5.60 Å². The summed E-state index contributed by atoms with van der Waals surface area (Å²) in [5.74, 6) is 1.90. The van der Waals surface area contributed by atoms with Gasteiger partial charge in [0.2, 0.25) is 5.91 Å². The predicted molar refractivity (Wildman–Crippen MR) is 108 cm³/mol. The summed E-state index contributed by atoms with van der Waals surface area (Å²) in [6, 6.07) is 0.